The highest BCUT2D eigenvalue weighted by atomic mass is 32.2. The third kappa shape index (κ3) is 5.10. The Morgan fingerprint density at radius 3 is 2.69 bits per heavy atom. The Morgan fingerprint density at radius 1 is 1.34 bits per heavy atom. The third-order valence-electron chi connectivity index (χ3n) is 6.68. The summed E-state index contributed by atoms with van der Waals surface area (Å²) in [4.78, 5) is 11.6. The van der Waals surface area contributed by atoms with Crippen molar-refractivity contribution in [3.05, 3.63) is 0 Å². The summed E-state index contributed by atoms with van der Waals surface area (Å²) in [5, 5.41) is 14.0. The average molecular weight is 436 g/mol. The molecule has 168 valence electrons. The van der Waals surface area contributed by atoms with Crippen LogP contribution in [-0.4, -0.2) is 74.9 Å². The maximum atomic E-state index is 15.5. The summed E-state index contributed by atoms with van der Waals surface area (Å²) in [6, 6.07) is -1.04. The number of hydrogen-bond donors (Lipinski definition) is 3. The molecule has 3 rings (SSSR count). The molecule has 2 aliphatic carbocycles. The maximum Gasteiger partial charge on any atom is 0.304 e. The van der Waals surface area contributed by atoms with E-state index in [1.165, 1.54) is 0 Å². The Morgan fingerprint density at radius 2 is 2.07 bits per heavy atom. The number of fused-ring (bicyclic) bond motifs is 1. The van der Waals surface area contributed by atoms with E-state index in [9.17, 15) is 18.3 Å². The first-order chi connectivity index (χ1) is 13.5. The number of carbonyl (C=O) groups is 1. The first kappa shape index (κ1) is 22.9. The fourth-order valence-corrected chi connectivity index (χ4v) is 6.54. The lowest BCUT2D eigenvalue weighted by atomic mass is 9.66. The summed E-state index contributed by atoms with van der Waals surface area (Å²) in [6.45, 7) is 5.34. The van der Waals surface area contributed by atoms with Gasteiger partial charge in [-0.1, -0.05) is 13.8 Å². The van der Waals surface area contributed by atoms with Crippen LogP contribution in [0.2, 0.25) is 0 Å². The van der Waals surface area contributed by atoms with Gasteiger partial charge in [-0.15, -0.1) is 0 Å². The Kier molecular flexibility index (Phi) is 6.89. The lowest BCUT2D eigenvalue weighted by molar-refractivity contribution is -0.119. The van der Waals surface area contributed by atoms with E-state index < -0.39 is 41.0 Å². The fourth-order valence-electron chi connectivity index (χ4n) is 5.21. The van der Waals surface area contributed by atoms with Crippen molar-refractivity contribution in [3.63, 3.8) is 0 Å². The minimum Gasteiger partial charge on any atom is -0.391 e. The molecule has 6 atom stereocenters. The molecule has 0 spiro atoms. The van der Waals surface area contributed by atoms with E-state index in [0.717, 1.165) is 30.1 Å². The highest BCUT2D eigenvalue weighted by Crippen LogP contribution is 2.44. The molecule has 10 heteroatoms. The van der Waals surface area contributed by atoms with Gasteiger partial charge in [0.05, 0.1) is 25.3 Å². The van der Waals surface area contributed by atoms with Crippen molar-refractivity contribution in [2.75, 3.05) is 26.8 Å². The molecular weight excluding hydrogens is 401 g/mol. The van der Waals surface area contributed by atoms with E-state index in [1.807, 2.05) is 4.72 Å². The van der Waals surface area contributed by atoms with Gasteiger partial charge in [-0.2, -0.15) is 12.7 Å². The number of alkyl halides is 1. The van der Waals surface area contributed by atoms with Gasteiger partial charge < -0.3 is 15.2 Å². The van der Waals surface area contributed by atoms with Crippen LogP contribution in [0.5, 0.6) is 0 Å². The molecule has 3 fully saturated rings. The molecule has 3 aliphatic rings. The normalized spacial score (nSPS) is 37.9. The summed E-state index contributed by atoms with van der Waals surface area (Å²) in [6.07, 6.45) is 1.02. The molecule has 0 aromatic heterocycles. The molecule has 3 N–H and O–H groups in total. The zero-order valence-corrected chi connectivity index (χ0v) is 18.3. The van der Waals surface area contributed by atoms with Gasteiger partial charge in [0.1, 0.15) is 6.17 Å². The van der Waals surface area contributed by atoms with Crippen molar-refractivity contribution >= 4 is 16.1 Å². The fraction of sp³-hybridized carbons (Fsp3) is 0.947. The first-order valence-corrected chi connectivity index (χ1v) is 11.8. The molecule has 0 bridgehead atoms. The van der Waals surface area contributed by atoms with Gasteiger partial charge in [0.2, 0.25) is 5.91 Å². The quantitative estimate of drug-likeness (QED) is 0.540. The van der Waals surface area contributed by atoms with Gasteiger partial charge in [-0.25, -0.2) is 9.11 Å². The molecule has 0 aromatic rings. The highest BCUT2D eigenvalue weighted by Gasteiger charge is 2.53. The van der Waals surface area contributed by atoms with E-state index in [4.69, 9.17) is 4.74 Å². The maximum absolute atomic E-state index is 15.5. The molecule has 1 heterocycles. The smallest absolute Gasteiger partial charge is 0.304 e. The number of ether oxygens (including phenoxy) is 1. The summed E-state index contributed by atoms with van der Waals surface area (Å²) in [7, 11) is -2.39. The highest BCUT2D eigenvalue weighted by molar-refractivity contribution is 7.88. The number of carbonyl (C=O) groups excluding carboxylic acids is 1. The van der Waals surface area contributed by atoms with E-state index in [2.05, 4.69) is 19.2 Å². The summed E-state index contributed by atoms with van der Waals surface area (Å²) in [5.74, 6) is -0.978. The van der Waals surface area contributed by atoms with Crippen molar-refractivity contribution in [2.45, 2.75) is 70.3 Å². The number of nitrogens with one attached hydrogen (secondary N) is 2. The van der Waals surface area contributed by atoms with Gasteiger partial charge in [0, 0.05) is 13.2 Å². The van der Waals surface area contributed by atoms with Crippen LogP contribution in [0.25, 0.3) is 0 Å². The number of aliphatic hydroxyl groups excluding tert-OH is 1. The van der Waals surface area contributed by atoms with Crippen molar-refractivity contribution in [1.82, 2.24) is 14.3 Å². The molecule has 0 radical (unpaired) electrons. The number of hydrogen-bond acceptors (Lipinski definition) is 6. The largest absolute Gasteiger partial charge is 0.391 e. The van der Waals surface area contributed by atoms with Crippen LogP contribution >= 0.6 is 0 Å². The number of amides is 1. The van der Waals surface area contributed by atoms with Crippen LogP contribution in [0, 0.1) is 17.3 Å². The van der Waals surface area contributed by atoms with E-state index in [0.29, 0.717) is 19.4 Å². The standard InChI is InChI=1S/C19H34FN3O5S/c1-19(2,11-28-3)6-7-21-13-5-4-12-8-15(24)18(17(20)14(12)9-13)23-10-16(25)22-29(23,26)27/h12-15,17-18,21,24H,4-11H2,1-3H3,(H,22,25). The van der Waals surface area contributed by atoms with Gasteiger partial charge in [-0.05, 0) is 55.9 Å². The molecule has 0 aromatic carbocycles. The van der Waals surface area contributed by atoms with Crippen LogP contribution in [0.3, 0.4) is 0 Å². The molecule has 6 unspecified atom stereocenters. The minimum absolute atomic E-state index is 0.0354. The predicted molar refractivity (Wildman–Crippen MR) is 106 cm³/mol. The van der Waals surface area contributed by atoms with Crippen LogP contribution in [0.4, 0.5) is 4.39 Å². The summed E-state index contributed by atoms with van der Waals surface area (Å²) < 4.78 is 47.8. The second kappa shape index (κ2) is 8.74. The van der Waals surface area contributed by atoms with Gasteiger partial charge in [0.25, 0.3) is 0 Å². The van der Waals surface area contributed by atoms with E-state index in [1.54, 1.807) is 7.11 Å². The molecular formula is C19H34FN3O5S. The Hall–Kier alpha value is -0.810. The zero-order chi connectivity index (χ0) is 21.4. The molecule has 8 nitrogen and oxygen atoms in total. The Labute approximate surface area is 172 Å². The Bertz CT molecular complexity index is 704. The second-order valence-corrected chi connectivity index (χ2v) is 11.2. The second-order valence-electron chi connectivity index (χ2n) is 9.55. The van der Waals surface area contributed by atoms with Crippen LogP contribution in [0.1, 0.15) is 46.0 Å². The van der Waals surface area contributed by atoms with Crippen molar-refractivity contribution < 1.29 is 27.4 Å². The number of methoxy groups -OCH3 is 1. The topological polar surface area (TPSA) is 108 Å². The Balaban J connectivity index is 1.62. The number of aliphatic hydroxyl groups is 1. The molecule has 1 aliphatic heterocycles. The van der Waals surface area contributed by atoms with Crippen molar-refractivity contribution in [3.8, 4) is 0 Å². The van der Waals surface area contributed by atoms with Crippen molar-refractivity contribution in [1.29, 1.82) is 0 Å². The molecule has 2 saturated carbocycles. The average Bonchev–Trinajstić information content (AvgIpc) is 2.87. The lowest BCUT2D eigenvalue weighted by Gasteiger charge is -2.48. The van der Waals surface area contributed by atoms with Crippen LogP contribution < -0.4 is 10.0 Å². The van der Waals surface area contributed by atoms with Gasteiger partial charge in [0.15, 0.2) is 0 Å². The molecule has 1 amide bonds. The first-order valence-electron chi connectivity index (χ1n) is 10.4. The van der Waals surface area contributed by atoms with Crippen molar-refractivity contribution in [2.24, 2.45) is 17.3 Å². The molecule has 29 heavy (non-hydrogen) atoms. The molecule has 1 saturated heterocycles. The third-order valence-corrected chi connectivity index (χ3v) is 8.15. The summed E-state index contributed by atoms with van der Waals surface area (Å²) >= 11 is 0. The number of rotatable bonds is 7. The van der Waals surface area contributed by atoms with E-state index in [-0.39, 0.29) is 23.3 Å². The van der Waals surface area contributed by atoms with Gasteiger partial charge >= 0.3 is 10.2 Å². The van der Waals surface area contributed by atoms with E-state index >= 15 is 4.39 Å². The van der Waals surface area contributed by atoms with Gasteiger partial charge in [-0.3, -0.25) is 4.79 Å². The lowest BCUT2D eigenvalue weighted by Crippen LogP contribution is -2.59. The number of nitrogens with zero attached hydrogens (tertiary/aromatic N) is 1. The minimum atomic E-state index is -4.08. The zero-order valence-electron chi connectivity index (χ0n) is 17.4. The monoisotopic (exact) mass is 435 g/mol. The van der Waals surface area contributed by atoms with Crippen LogP contribution in [-0.2, 0) is 19.7 Å². The predicted octanol–water partition coefficient (Wildman–Crippen LogP) is 0.572. The summed E-state index contributed by atoms with van der Waals surface area (Å²) in [5.41, 5.74) is 0.0608. The van der Waals surface area contributed by atoms with Crippen LogP contribution in [0.15, 0.2) is 0 Å². The number of halogens is 1. The SMILES string of the molecule is COCC(C)(C)CCNC1CCC2CC(O)C(N3CC(=O)NS3(=O)=O)C(F)C2C1.